The van der Waals surface area contributed by atoms with Gasteiger partial charge >= 0.3 is 0 Å². The van der Waals surface area contributed by atoms with Crippen molar-refractivity contribution < 1.29 is 10.4 Å². The maximum atomic E-state index is 9.10. The summed E-state index contributed by atoms with van der Waals surface area (Å²) in [5.41, 5.74) is 3.34. The molecule has 0 atom stereocenters. The van der Waals surface area contributed by atoms with Gasteiger partial charge in [-0.3, -0.25) is 0 Å². The third-order valence-corrected chi connectivity index (χ3v) is 4.84. The maximum absolute atomic E-state index is 9.10. The van der Waals surface area contributed by atoms with Gasteiger partial charge in [-0.05, 0) is 48.2 Å². The minimum absolute atomic E-state index is 0.718. The fourth-order valence-corrected chi connectivity index (χ4v) is 3.36. The third kappa shape index (κ3) is 5.36. The van der Waals surface area contributed by atoms with E-state index in [-0.39, 0.29) is 0 Å². The van der Waals surface area contributed by atoms with Crippen LogP contribution < -0.4 is 0 Å². The normalized spacial score (nSPS) is 12.4. The van der Waals surface area contributed by atoms with E-state index < -0.39 is 0 Å². The van der Waals surface area contributed by atoms with Crippen LogP contribution in [0.2, 0.25) is 0 Å². The van der Waals surface area contributed by atoms with Crippen LogP contribution in [0.4, 0.5) is 0 Å². The van der Waals surface area contributed by atoms with Crippen molar-refractivity contribution in [2.75, 3.05) is 0 Å². The number of hydrogen-bond donors (Lipinski definition) is 2. The van der Waals surface area contributed by atoms with Gasteiger partial charge in [0.15, 0.2) is 0 Å². The van der Waals surface area contributed by atoms with Crippen LogP contribution in [0.1, 0.15) is 50.7 Å². The summed E-state index contributed by atoms with van der Waals surface area (Å²) in [6.07, 6.45) is 3.41. The van der Waals surface area contributed by atoms with Gasteiger partial charge in [-0.25, -0.2) is 0 Å². The Balaban J connectivity index is 2.07. The SMILES string of the molecule is CCCC(=NO)c1ccc(Sc2ccc(C(CCC)=NO)cc2)cc1. The van der Waals surface area contributed by atoms with Crippen molar-refractivity contribution in [3.05, 3.63) is 59.7 Å². The van der Waals surface area contributed by atoms with Crippen molar-refractivity contribution in [3.63, 3.8) is 0 Å². The second-order valence-electron chi connectivity index (χ2n) is 5.74. The Bertz CT molecular complexity index is 659. The Morgan fingerprint density at radius 3 is 1.36 bits per heavy atom. The molecule has 0 spiro atoms. The Labute approximate surface area is 153 Å². The maximum Gasteiger partial charge on any atom is 0.0867 e. The molecule has 0 bridgehead atoms. The molecule has 2 aromatic rings. The highest BCUT2D eigenvalue weighted by Crippen LogP contribution is 2.28. The summed E-state index contributed by atoms with van der Waals surface area (Å²) in [7, 11) is 0. The Morgan fingerprint density at radius 2 is 1.08 bits per heavy atom. The van der Waals surface area contributed by atoms with Crippen molar-refractivity contribution in [3.8, 4) is 0 Å². The number of hydrogen-bond acceptors (Lipinski definition) is 5. The first-order chi connectivity index (χ1) is 12.2. The molecule has 0 saturated heterocycles. The van der Waals surface area contributed by atoms with Crippen LogP contribution in [0, 0.1) is 0 Å². The Hall–Kier alpha value is -2.27. The number of nitrogens with zero attached hydrogens (tertiary/aromatic N) is 2. The molecular formula is C20H24N2O2S. The average molecular weight is 356 g/mol. The predicted molar refractivity (Wildman–Crippen MR) is 103 cm³/mol. The first-order valence-electron chi connectivity index (χ1n) is 8.52. The summed E-state index contributed by atoms with van der Waals surface area (Å²) in [6.45, 7) is 4.12. The van der Waals surface area contributed by atoms with Gasteiger partial charge in [0.25, 0.3) is 0 Å². The minimum atomic E-state index is 0.718. The first kappa shape index (κ1) is 19.1. The fourth-order valence-electron chi connectivity index (χ4n) is 2.54. The molecular weight excluding hydrogens is 332 g/mol. The number of rotatable bonds is 8. The summed E-state index contributed by atoms with van der Waals surface area (Å²) >= 11 is 1.67. The largest absolute Gasteiger partial charge is 0.411 e. The second-order valence-corrected chi connectivity index (χ2v) is 6.89. The van der Waals surface area contributed by atoms with E-state index in [2.05, 4.69) is 24.2 Å². The topological polar surface area (TPSA) is 65.2 Å². The van der Waals surface area contributed by atoms with Crippen LogP contribution in [0.5, 0.6) is 0 Å². The van der Waals surface area contributed by atoms with Crippen molar-refractivity contribution >= 4 is 23.2 Å². The lowest BCUT2D eigenvalue weighted by Crippen LogP contribution is -2.00. The van der Waals surface area contributed by atoms with Crippen LogP contribution >= 0.6 is 11.8 Å². The zero-order chi connectivity index (χ0) is 18.1. The molecule has 0 heterocycles. The summed E-state index contributed by atoms with van der Waals surface area (Å²) in [5, 5.41) is 25.0. The van der Waals surface area contributed by atoms with Crippen molar-refractivity contribution in [1.29, 1.82) is 0 Å². The highest BCUT2D eigenvalue weighted by molar-refractivity contribution is 7.99. The fraction of sp³-hybridized carbons (Fsp3) is 0.300. The van der Waals surface area contributed by atoms with Gasteiger partial charge in [0.05, 0.1) is 11.4 Å². The summed E-state index contributed by atoms with van der Waals surface area (Å²) in [4.78, 5) is 2.24. The van der Waals surface area contributed by atoms with Crippen LogP contribution in [0.25, 0.3) is 0 Å². The smallest absolute Gasteiger partial charge is 0.0867 e. The van der Waals surface area contributed by atoms with Crippen molar-refractivity contribution in [1.82, 2.24) is 0 Å². The van der Waals surface area contributed by atoms with Crippen LogP contribution in [0.3, 0.4) is 0 Å². The molecule has 0 radical (unpaired) electrons. The van der Waals surface area contributed by atoms with E-state index in [4.69, 9.17) is 10.4 Å². The van der Waals surface area contributed by atoms with Gasteiger partial charge in [-0.1, -0.05) is 73.0 Å². The molecule has 2 rings (SSSR count). The lowest BCUT2D eigenvalue weighted by Gasteiger charge is -2.07. The van der Waals surface area contributed by atoms with Crippen molar-refractivity contribution in [2.45, 2.75) is 49.3 Å². The van der Waals surface area contributed by atoms with E-state index in [0.29, 0.717) is 0 Å². The highest BCUT2D eigenvalue weighted by atomic mass is 32.2. The van der Waals surface area contributed by atoms with E-state index in [1.165, 1.54) is 0 Å². The molecule has 0 amide bonds. The molecule has 0 aliphatic rings. The van der Waals surface area contributed by atoms with Gasteiger partial charge in [0.2, 0.25) is 0 Å². The molecule has 0 aliphatic heterocycles. The van der Waals surface area contributed by atoms with Crippen LogP contribution in [0.15, 0.2) is 68.6 Å². The average Bonchev–Trinajstić information content (AvgIpc) is 2.66. The van der Waals surface area contributed by atoms with Crippen LogP contribution in [-0.4, -0.2) is 21.8 Å². The molecule has 0 aromatic heterocycles. The van der Waals surface area contributed by atoms with Gasteiger partial charge in [0, 0.05) is 9.79 Å². The van der Waals surface area contributed by atoms with Gasteiger partial charge in [0.1, 0.15) is 0 Å². The summed E-state index contributed by atoms with van der Waals surface area (Å²) in [6, 6.07) is 16.1. The quantitative estimate of drug-likeness (QED) is 0.357. The molecule has 2 N–H and O–H groups in total. The third-order valence-electron chi connectivity index (χ3n) is 3.83. The molecule has 25 heavy (non-hydrogen) atoms. The molecule has 132 valence electrons. The monoisotopic (exact) mass is 356 g/mol. The molecule has 0 unspecified atom stereocenters. The molecule has 0 saturated carbocycles. The molecule has 4 nitrogen and oxygen atoms in total. The molecule has 0 aliphatic carbocycles. The number of oxime groups is 2. The lowest BCUT2D eigenvalue weighted by molar-refractivity contribution is 0.317. The Kier molecular flexibility index (Phi) is 7.54. The molecule has 2 aromatic carbocycles. The van der Waals surface area contributed by atoms with E-state index in [1.54, 1.807) is 11.8 Å². The standard InChI is InChI=1S/C20H24N2O2S/c1-3-5-19(21-23)15-7-11-17(12-8-15)25-18-13-9-16(10-14-18)20(22-24)6-4-2/h7-14,23-24H,3-6H2,1-2H3. The van der Waals surface area contributed by atoms with E-state index in [0.717, 1.165) is 58.0 Å². The zero-order valence-corrected chi connectivity index (χ0v) is 15.5. The zero-order valence-electron chi connectivity index (χ0n) is 14.6. The summed E-state index contributed by atoms with van der Waals surface area (Å²) in [5.74, 6) is 0. The van der Waals surface area contributed by atoms with E-state index >= 15 is 0 Å². The van der Waals surface area contributed by atoms with E-state index in [1.807, 2.05) is 48.5 Å². The lowest BCUT2D eigenvalue weighted by atomic mass is 10.1. The number of benzene rings is 2. The Morgan fingerprint density at radius 1 is 0.720 bits per heavy atom. The summed E-state index contributed by atoms with van der Waals surface area (Å²) < 4.78 is 0. The van der Waals surface area contributed by atoms with Gasteiger partial charge < -0.3 is 10.4 Å². The van der Waals surface area contributed by atoms with E-state index in [9.17, 15) is 0 Å². The second kappa shape index (κ2) is 9.89. The highest BCUT2D eigenvalue weighted by Gasteiger charge is 2.06. The van der Waals surface area contributed by atoms with Crippen molar-refractivity contribution in [2.24, 2.45) is 10.3 Å². The van der Waals surface area contributed by atoms with Gasteiger partial charge in [-0.15, -0.1) is 0 Å². The van der Waals surface area contributed by atoms with Gasteiger partial charge in [-0.2, -0.15) is 0 Å². The molecule has 5 heteroatoms. The predicted octanol–water partition coefficient (Wildman–Crippen LogP) is 5.79. The van der Waals surface area contributed by atoms with Crippen LogP contribution in [-0.2, 0) is 0 Å². The first-order valence-corrected chi connectivity index (χ1v) is 9.34. The molecule has 0 fully saturated rings. The minimum Gasteiger partial charge on any atom is -0.411 e.